The van der Waals surface area contributed by atoms with Crippen LogP contribution in [0.4, 0.5) is 10.5 Å². The molecule has 3 N–H and O–H groups in total. The molecule has 1 aromatic carbocycles. The molecule has 4 heteroatoms. The molecule has 0 heterocycles. The third kappa shape index (κ3) is 5.37. The summed E-state index contributed by atoms with van der Waals surface area (Å²) in [5.41, 5.74) is 1.45. The van der Waals surface area contributed by atoms with Gasteiger partial charge in [-0.1, -0.05) is 31.3 Å². The molecule has 0 aromatic heterocycles. The van der Waals surface area contributed by atoms with Crippen molar-refractivity contribution in [1.82, 2.24) is 5.32 Å². The zero-order chi connectivity index (χ0) is 13.2. The van der Waals surface area contributed by atoms with E-state index in [1.807, 2.05) is 12.1 Å². The van der Waals surface area contributed by atoms with E-state index in [1.165, 1.54) is 0 Å². The molecule has 1 rings (SSSR count). The van der Waals surface area contributed by atoms with Gasteiger partial charge in [0.2, 0.25) is 0 Å². The van der Waals surface area contributed by atoms with E-state index in [4.69, 9.17) is 5.11 Å². The average molecular weight is 246 g/mol. The maximum Gasteiger partial charge on any atom is 0.319 e. The number of aliphatic hydroxyl groups is 1. The second-order valence-electron chi connectivity index (χ2n) is 3.78. The number of carbonyl (C=O) groups excluding carboxylic acids is 1. The Morgan fingerprint density at radius 1 is 1.44 bits per heavy atom. The van der Waals surface area contributed by atoms with E-state index in [2.05, 4.69) is 29.4 Å². The molecule has 0 atom stereocenters. The summed E-state index contributed by atoms with van der Waals surface area (Å²) in [5, 5.41) is 14.1. The zero-order valence-corrected chi connectivity index (χ0v) is 10.5. The fraction of sp³-hybridized carbons (Fsp3) is 0.357. The molecule has 2 amide bonds. The highest BCUT2D eigenvalue weighted by molar-refractivity contribution is 5.89. The molecule has 96 valence electrons. The van der Waals surface area contributed by atoms with Crippen LogP contribution in [0.15, 0.2) is 24.3 Å². The largest absolute Gasteiger partial charge is 0.384 e. The van der Waals surface area contributed by atoms with Crippen molar-refractivity contribution >= 4 is 11.7 Å². The first-order valence-electron chi connectivity index (χ1n) is 6.01. The molecule has 0 bridgehead atoms. The number of unbranched alkanes of at least 4 members (excludes halogenated alkanes) is 1. The van der Waals surface area contributed by atoms with Gasteiger partial charge in [0.25, 0.3) is 0 Å². The Balaban J connectivity index is 2.53. The lowest BCUT2D eigenvalue weighted by molar-refractivity contribution is 0.252. The monoisotopic (exact) mass is 246 g/mol. The maximum atomic E-state index is 11.5. The Bertz CT molecular complexity index is 447. The third-order valence-electron chi connectivity index (χ3n) is 2.25. The highest BCUT2D eigenvalue weighted by Crippen LogP contribution is 2.09. The Kier molecular flexibility index (Phi) is 6.37. The van der Waals surface area contributed by atoms with E-state index in [9.17, 15) is 4.79 Å². The van der Waals surface area contributed by atoms with Crippen LogP contribution < -0.4 is 10.6 Å². The molecule has 4 nitrogen and oxygen atoms in total. The predicted octanol–water partition coefficient (Wildman–Crippen LogP) is 1.95. The van der Waals surface area contributed by atoms with Crippen LogP contribution in [0.1, 0.15) is 25.3 Å². The molecule has 18 heavy (non-hydrogen) atoms. The molecule has 0 aliphatic carbocycles. The molecule has 0 saturated heterocycles. The molecule has 1 aromatic rings. The molecule has 0 spiro atoms. The van der Waals surface area contributed by atoms with Crippen LogP contribution in [0, 0.1) is 11.8 Å². The van der Waals surface area contributed by atoms with Gasteiger partial charge in [-0.3, -0.25) is 0 Å². The molecule has 0 saturated carbocycles. The number of anilines is 1. The van der Waals surface area contributed by atoms with Crippen molar-refractivity contribution in [3.8, 4) is 11.8 Å². The zero-order valence-electron chi connectivity index (χ0n) is 10.5. The minimum Gasteiger partial charge on any atom is -0.384 e. The highest BCUT2D eigenvalue weighted by atomic mass is 16.2. The first kappa shape index (κ1) is 14.1. The topological polar surface area (TPSA) is 61.4 Å². The minimum atomic E-state index is -0.212. The van der Waals surface area contributed by atoms with Crippen molar-refractivity contribution < 1.29 is 9.90 Å². The summed E-state index contributed by atoms with van der Waals surface area (Å²) < 4.78 is 0. The van der Waals surface area contributed by atoms with E-state index in [-0.39, 0.29) is 12.6 Å². The number of carbonyl (C=O) groups is 1. The molecule has 0 aliphatic heterocycles. The lowest BCUT2D eigenvalue weighted by Crippen LogP contribution is -2.29. The fourth-order valence-electron chi connectivity index (χ4n) is 1.37. The average Bonchev–Trinajstić information content (AvgIpc) is 2.37. The smallest absolute Gasteiger partial charge is 0.319 e. The molecular weight excluding hydrogens is 228 g/mol. The third-order valence-corrected chi connectivity index (χ3v) is 2.25. The fourth-order valence-corrected chi connectivity index (χ4v) is 1.37. The van der Waals surface area contributed by atoms with E-state index >= 15 is 0 Å². The van der Waals surface area contributed by atoms with Gasteiger partial charge in [-0.2, -0.15) is 0 Å². The number of hydrogen-bond donors (Lipinski definition) is 3. The van der Waals surface area contributed by atoms with Gasteiger partial charge in [-0.15, -0.1) is 0 Å². The summed E-state index contributed by atoms with van der Waals surface area (Å²) in [6.45, 7) is 2.57. The van der Waals surface area contributed by atoms with Crippen molar-refractivity contribution in [2.24, 2.45) is 0 Å². The number of aliphatic hydroxyl groups excluding tert-OH is 1. The maximum absolute atomic E-state index is 11.5. The number of rotatable bonds is 4. The highest BCUT2D eigenvalue weighted by Gasteiger charge is 2.00. The summed E-state index contributed by atoms with van der Waals surface area (Å²) in [6, 6.07) is 6.98. The van der Waals surface area contributed by atoms with Gasteiger partial charge in [0.1, 0.15) is 6.61 Å². The number of amides is 2. The van der Waals surface area contributed by atoms with Crippen LogP contribution in [0.3, 0.4) is 0 Å². The molecule has 0 fully saturated rings. The Morgan fingerprint density at radius 2 is 2.28 bits per heavy atom. The van der Waals surface area contributed by atoms with Crippen molar-refractivity contribution in [1.29, 1.82) is 0 Å². The van der Waals surface area contributed by atoms with Crippen LogP contribution in [-0.4, -0.2) is 24.3 Å². The molecular formula is C14H18N2O2. The van der Waals surface area contributed by atoms with Crippen LogP contribution in [0.25, 0.3) is 0 Å². The molecule has 0 unspecified atom stereocenters. The Morgan fingerprint density at radius 3 is 3.00 bits per heavy atom. The van der Waals surface area contributed by atoms with Gasteiger partial charge in [0.15, 0.2) is 0 Å². The quantitative estimate of drug-likeness (QED) is 0.561. The summed E-state index contributed by atoms with van der Waals surface area (Å²) in [7, 11) is 0. The predicted molar refractivity (Wildman–Crippen MR) is 72.3 cm³/mol. The van der Waals surface area contributed by atoms with Crippen LogP contribution in [0.5, 0.6) is 0 Å². The summed E-state index contributed by atoms with van der Waals surface area (Å²) >= 11 is 0. The van der Waals surface area contributed by atoms with Gasteiger partial charge >= 0.3 is 6.03 Å². The molecule has 0 radical (unpaired) electrons. The van der Waals surface area contributed by atoms with E-state index in [0.717, 1.165) is 18.4 Å². The van der Waals surface area contributed by atoms with Crippen molar-refractivity contribution in [3.05, 3.63) is 29.8 Å². The number of nitrogens with one attached hydrogen (secondary N) is 2. The summed E-state index contributed by atoms with van der Waals surface area (Å²) in [5.74, 6) is 5.35. The van der Waals surface area contributed by atoms with Gasteiger partial charge < -0.3 is 15.7 Å². The van der Waals surface area contributed by atoms with E-state index in [1.54, 1.807) is 12.1 Å². The Hall–Kier alpha value is -1.99. The van der Waals surface area contributed by atoms with Crippen molar-refractivity contribution in [2.45, 2.75) is 19.8 Å². The second kappa shape index (κ2) is 8.15. The lowest BCUT2D eigenvalue weighted by Gasteiger charge is -2.07. The normalized spacial score (nSPS) is 9.22. The van der Waals surface area contributed by atoms with Crippen LogP contribution in [-0.2, 0) is 0 Å². The molecule has 0 aliphatic rings. The van der Waals surface area contributed by atoms with Crippen molar-refractivity contribution in [3.63, 3.8) is 0 Å². The van der Waals surface area contributed by atoms with Gasteiger partial charge in [0, 0.05) is 17.8 Å². The van der Waals surface area contributed by atoms with Crippen molar-refractivity contribution in [2.75, 3.05) is 18.5 Å². The van der Waals surface area contributed by atoms with Gasteiger partial charge in [-0.05, 0) is 24.6 Å². The van der Waals surface area contributed by atoms with E-state index < -0.39 is 0 Å². The van der Waals surface area contributed by atoms with Gasteiger partial charge in [0.05, 0.1) is 0 Å². The summed E-state index contributed by atoms with van der Waals surface area (Å²) in [6.07, 6.45) is 2.02. The lowest BCUT2D eigenvalue weighted by atomic mass is 10.2. The summed E-state index contributed by atoms with van der Waals surface area (Å²) in [4.78, 5) is 11.5. The first-order valence-corrected chi connectivity index (χ1v) is 6.01. The van der Waals surface area contributed by atoms with Gasteiger partial charge in [-0.25, -0.2) is 4.79 Å². The number of benzene rings is 1. The Labute approximate surface area is 107 Å². The number of hydrogen-bond acceptors (Lipinski definition) is 2. The standard InChI is InChI=1S/C14H18N2O2/c1-2-3-9-15-14(18)16-13-8-4-6-12(11-13)7-5-10-17/h4,6,8,11,17H,2-3,9-10H2,1H3,(H2,15,16,18). The van der Waals surface area contributed by atoms with Crippen LogP contribution >= 0.6 is 0 Å². The SMILES string of the molecule is CCCCNC(=O)Nc1cccc(C#CCO)c1. The number of urea groups is 1. The van der Waals surface area contributed by atoms with E-state index in [0.29, 0.717) is 12.2 Å². The minimum absolute atomic E-state index is 0.171. The van der Waals surface area contributed by atoms with Crippen LogP contribution in [0.2, 0.25) is 0 Å². The second-order valence-corrected chi connectivity index (χ2v) is 3.78. The first-order chi connectivity index (χ1) is 8.76.